The van der Waals surface area contributed by atoms with Crippen molar-refractivity contribution in [3.05, 3.63) is 62.9 Å². The van der Waals surface area contributed by atoms with Crippen LogP contribution in [0.5, 0.6) is 0 Å². The number of nitrogens with zero attached hydrogens (tertiary/aromatic N) is 3. The molecule has 0 bridgehead atoms. The molecule has 0 radical (unpaired) electrons. The predicted molar refractivity (Wildman–Crippen MR) is 88.6 cm³/mol. The summed E-state index contributed by atoms with van der Waals surface area (Å²) in [6.45, 7) is 0.222. The molecule has 0 aliphatic rings. The highest BCUT2D eigenvalue weighted by Crippen LogP contribution is 2.26. The molecule has 2 aromatic rings. The molecule has 0 atom stereocenters. The average molecular weight is 400 g/mol. The van der Waals surface area contributed by atoms with Crippen molar-refractivity contribution >= 4 is 31.6 Å². The predicted octanol–water partition coefficient (Wildman–Crippen LogP) is 2.62. The van der Waals surface area contributed by atoms with E-state index in [0.29, 0.717) is 10.9 Å². The third-order valence-electron chi connectivity index (χ3n) is 3.18. The van der Waals surface area contributed by atoms with Gasteiger partial charge in [0.15, 0.2) is 0 Å². The first-order valence-corrected chi connectivity index (χ1v) is 8.85. The van der Waals surface area contributed by atoms with E-state index in [9.17, 15) is 18.5 Å². The molecule has 0 spiro atoms. The van der Waals surface area contributed by atoms with Crippen LogP contribution in [0, 0.1) is 10.1 Å². The minimum atomic E-state index is -3.82. The van der Waals surface area contributed by atoms with E-state index in [1.165, 1.54) is 19.2 Å². The van der Waals surface area contributed by atoms with Crippen molar-refractivity contribution in [2.45, 2.75) is 11.3 Å². The SMILES string of the molecule is CN(CCc1ccccn1)S(=O)(=O)c1cc(Br)cc([N+](=O)[O-])c1. The number of halogens is 1. The molecule has 0 unspecified atom stereocenters. The third kappa shape index (κ3) is 4.34. The highest BCUT2D eigenvalue weighted by atomic mass is 79.9. The molecule has 0 saturated heterocycles. The van der Waals surface area contributed by atoms with Crippen LogP contribution in [0.25, 0.3) is 0 Å². The van der Waals surface area contributed by atoms with E-state index < -0.39 is 14.9 Å². The van der Waals surface area contributed by atoms with Crippen LogP contribution in [0.4, 0.5) is 5.69 Å². The Morgan fingerprint density at radius 3 is 2.65 bits per heavy atom. The van der Waals surface area contributed by atoms with Crippen molar-refractivity contribution < 1.29 is 13.3 Å². The Balaban J connectivity index is 2.22. The van der Waals surface area contributed by atoms with Gasteiger partial charge in [0.25, 0.3) is 5.69 Å². The molecule has 23 heavy (non-hydrogen) atoms. The number of pyridine rings is 1. The smallest absolute Gasteiger partial charge is 0.261 e. The summed E-state index contributed by atoms with van der Waals surface area (Å²) in [6, 6.07) is 9.08. The molecule has 9 heteroatoms. The molecule has 1 aromatic heterocycles. The van der Waals surface area contributed by atoms with Crippen molar-refractivity contribution in [2.75, 3.05) is 13.6 Å². The maximum Gasteiger partial charge on any atom is 0.271 e. The molecule has 0 fully saturated rings. The van der Waals surface area contributed by atoms with Gasteiger partial charge in [0, 0.05) is 48.5 Å². The molecule has 0 amide bonds. The molecule has 7 nitrogen and oxygen atoms in total. The number of rotatable bonds is 6. The van der Waals surface area contributed by atoms with Crippen LogP contribution in [0.1, 0.15) is 5.69 Å². The van der Waals surface area contributed by atoms with Crippen LogP contribution in [-0.2, 0) is 16.4 Å². The van der Waals surface area contributed by atoms with Crippen molar-refractivity contribution in [2.24, 2.45) is 0 Å². The van der Waals surface area contributed by atoms with Gasteiger partial charge in [-0.1, -0.05) is 22.0 Å². The van der Waals surface area contributed by atoms with Gasteiger partial charge in [-0.25, -0.2) is 12.7 Å². The summed E-state index contributed by atoms with van der Waals surface area (Å²) >= 11 is 3.10. The minimum absolute atomic E-state index is 0.123. The summed E-state index contributed by atoms with van der Waals surface area (Å²) in [5.41, 5.74) is 0.492. The Labute approximate surface area is 142 Å². The Hall–Kier alpha value is -1.84. The van der Waals surface area contributed by atoms with Crippen molar-refractivity contribution in [1.82, 2.24) is 9.29 Å². The molecular weight excluding hydrogens is 386 g/mol. The zero-order valence-corrected chi connectivity index (χ0v) is 14.6. The number of sulfonamides is 1. The minimum Gasteiger partial charge on any atom is -0.261 e. The van der Waals surface area contributed by atoms with E-state index in [2.05, 4.69) is 20.9 Å². The lowest BCUT2D eigenvalue weighted by atomic mass is 10.3. The van der Waals surface area contributed by atoms with E-state index in [1.807, 2.05) is 12.1 Å². The summed E-state index contributed by atoms with van der Waals surface area (Å²) in [6.07, 6.45) is 2.09. The monoisotopic (exact) mass is 399 g/mol. The van der Waals surface area contributed by atoms with Crippen LogP contribution in [0.3, 0.4) is 0 Å². The number of nitro benzene ring substituents is 1. The summed E-state index contributed by atoms with van der Waals surface area (Å²) < 4.78 is 26.6. The Morgan fingerprint density at radius 1 is 1.30 bits per heavy atom. The molecule has 1 heterocycles. The largest absolute Gasteiger partial charge is 0.271 e. The standard InChI is InChI=1S/C14H14BrN3O4S/c1-17(7-5-12-4-2-3-6-16-12)23(21,22)14-9-11(15)8-13(10-14)18(19)20/h2-4,6,8-10H,5,7H2,1H3. The summed E-state index contributed by atoms with van der Waals surface area (Å²) in [5.74, 6) is 0. The van der Waals surface area contributed by atoms with Crippen molar-refractivity contribution in [3.8, 4) is 0 Å². The number of non-ortho nitro benzene ring substituents is 1. The van der Waals surface area contributed by atoms with Crippen LogP contribution in [0.2, 0.25) is 0 Å². The first-order chi connectivity index (χ1) is 10.8. The van der Waals surface area contributed by atoms with Crippen LogP contribution in [-0.4, -0.2) is 36.2 Å². The topological polar surface area (TPSA) is 93.4 Å². The summed E-state index contributed by atoms with van der Waals surface area (Å²) in [7, 11) is -2.38. The van der Waals surface area contributed by atoms with Crippen LogP contribution < -0.4 is 0 Å². The second-order valence-electron chi connectivity index (χ2n) is 4.80. The first kappa shape index (κ1) is 17.5. The Morgan fingerprint density at radius 2 is 2.04 bits per heavy atom. The maximum atomic E-state index is 12.5. The fourth-order valence-electron chi connectivity index (χ4n) is 1.92. The highest BCUT2D eigenvalue weighted by molar-refractivity contribution is 9.10. The fourth-order valence-corrected chi connectivity index (χ4v) is 3.79. The van der Waals surface area contributed by atoms with E-state index in [-0.39, 0.29) is 17.1 Å². The second-order valence-corrected chi connectivity index (χ2v) is 7.76. The van der Waals surface area contributed by atoms with Gasteiger partial charge in [-0.15, -0.1) is 0 Å². The Bertz CT molecular complexity index is 812. The lowest BCUT2D eigenvalue weighted by Crippen LogP contribution is -2.29. The quantitative estimate of drug-likeness (QED) is 0.549. The normalized spacial score (nSPS) is 11.6. The first-order valence-electron chi connectivity index (χ1n) is 6.62. The van der Waals surface area contributed by atoms with E-state index in [1.54, 1.807) is 12.3 Å². The van der Waals surface area contributed by atoms with Gasteiger partial charge in [-0.05, 0) is 18.2 Å². The van der Waals surface area contributed by atoms with Gasteiger partial charge < -0.3 is 0 Å². The number of benzene rings is 1. The second kappa shape index (κ2) is 7.16. The molecule has 0 aliphatic heterocycles. The summed E-state index contributed by atoms with van der Waals surface area (Å²) in [5, 5.41) is 10.9. The fraction of sp³-hybridized carbons (Fsp3) is 0.214. The molecule has 2 rings (SSSR count). The number of aromatic nitrogens is 1. The van der Waals surface area contributed by atoms with Crippen LogP contribution >= 0.6 is 15.9 Å². The maximum absolute atomic E-state index is 12.5. The van der Waals surface area contributed by atoms with E-state index in [0.717, 1.165) is 16.1 Å². The van der Waals surface area contributed by atoms with Crippen molar-refractivity contribution in [1.29, 1.82) is 0 Å². The van der Waals surface area contributed by atoms with Crippen LogP contribution in [0.15, 0.2) is 52.0 Å². The third-order valence-corrected chi connectivity index (χ3v) is 5.48. The molecular formula is C14H14BrN3O4S. The van der Waals surface area contributed by atoms with Gasteiger partial charge >= 0.3 is 0 Å². The Kier molecular flexibility index (Phi) is 5.45. The van der Waals surface area contributed by atoms with Crippen molar-refractivity contribution in [3.63, 3.8) is 0 Å². The molecule has 0 aliphatic carbocycles. The number of nitro groups is 1. The zero-order chi connectivity index (χ0) is 17.0. The molecule has 122 valence electrons. The molecule has 0 saturated carbocycles. The highest BCUT2D eigenvalue weighted by Gasteiger charge is 2.23. The van der Waals surface area contributed by atoms with E-state index in [4.69, 9.17) is 0 Å². The summed E-state index contributed by atoms with van der Waals surface area (Å²) in [4.78, 5) is 14.3. The van der Waals surface area contributed by atoms with Gasteiger partial charge in [-0.2, -0.15) is 0 Å². The lowest BCUT2D eigenvalue weighted by molar-refractivity contribution is -0.385. The number of hydrogen-bond donors (Lipinski definition) is 0. The lowest BCUT2D eigenvalue weighted by Gasteiger charge is -2.17. The molecule has 0 N–H and O–H groups in total. The average Bonchev–Trinajstić information content (AvgIpc) is 2.52. The molecule has 1 aromatic carbocycles. The van der Waals surface area contributed by atoms with Gasteiger partial charge in [0.05, 0.1) is 9.82 Å². The zero-order valence-electron chi connectivity index (χ0n) is 12.2. The van der Waals surface area contributed by atoms with Gasteiger partial charge in [0.1, 0.15) is 0 Å². The van der Waals surface area contributed by atoms with Gasteiger partial charge in [-0.3, -0.25) is 15.1 Å². The number of likely N-dealkylation sites (N-methyl/N-ethyl adjacent to an activating group) is 1. The number of hydrogen-bond acceptors (Lipinski definition) is 5. The van der Waals surface area contributed by atoms with Gasteiger partial charge in [0.2, 0.25) is 10.0 Å². The van der Waals surface area contributed by atoms with E-state index >= 15 is 0 Å².